The molecule has 2 atom stereocenters. The highest BCUT2D eigenvalue weighted by Gasteiger charge is 2.26. The average Bonchev–Trinajstić information content (AvgIpc) is 2.47. The van der Waals surface area contributed by atoms with Crippen molar-refractivity contribution in [3.63, 3.8) is 0 Å². The maximum Gasteiger partial charge on any atom is 0.242 e. The molecule has 22 heavy (non-hydrogen) atoms. The Morgan fingerprint density at radius 1 is 1.36 bits per heavy atom. The Bertz CT molecular complexity index is 599. The molecule has 0 aliphatic carbocycles. The van der Waals surface area contributed by atoms with Crippen molar-refractivity contribution in [2.45, 2.75) is 49.8 Å². The molecule has 1 aromatic carbocycles. The van der Waals surface area contributed by atoms with Crippen molar-refractivity contribution < 1.29 is 13.5 Å². The fourth-order valence-corrected chi connectivity index (χ4v) is 3.98. The van der Waals surface area contributed by atoms with Gasteiger partial charge in [0.25, 0.3) is 0 Å². The van der Waals surface area contributed by atoms with Crippen LogP contribution >= 0.6 is 0 Å². The molecule has 1 heterocycles. The summed E-state index contributed by atoms with van der Waals surface area (Å²) in [5.41, 5.74) is 0.968. The monoisotopic (exact) mass is 326 g/mol. The van der Waals surface area contributed by atoms with E-state index in [0.29, 0.717) is 11.4 Å². The van der Waals surface area contributed by atoms with Crippen molar-refractivity contribution >= 4 is 10.0 Å². The maximum atomic E-state index is 12.2. The summed E-state index contributed by atoms with van der Waals surface area (Å²) in [6.45, 7) is 3.45. The van der Waals surface area contributed by atoms with E-state index in [2.05, 4.69) is 4.90 Å². The lowest BCUT2D eigenvalue weighted by Crippen LogP contribution is -2.45. The van der Waals surface area contributed by atoms with Crippen LogP contribution in [0.3, 0.4) is 0 Å². The highest BCUT2D eigenvalue weighted by atomic mass is 32.2. The van der Waals surface area contributed by atoms with Gasteiger partial charge >= 0.3 is 0 Å². The number of sulfonamides is 1. The fourth-order valence-electron chi connectivity index (χ4n) is 3.01. The summed E-state index contributed by atoms with van der Waals surface area (Å²) >= 11 is 0. The molecule has 0 saturated carbocycles. The average molecular weight is 326 g/mol. The molecule has 1 aliphatic heterocycles. The van der Waals surface area contributed by atoms with Crippen LogP contribution in [0.25, 0.3) is 0 Å². The Labute approximate surface area is 133 Å². The van der Waals surface area contributed by atoms with Gasteiger partial charge in [0.2, 0.25) is 10.0 Å². The number of benzene rings is 1. The molecule has 0 aromatic heterocycles. The van der Waals surface area contributed by atoms with Crippen molar-refractivity contribution in [2.24, 2.45) is 0 Å². The van der Waals surface area contributed by atoms with Crippen LogP contribution in [0.5, 0.6) is 0 Å². The SMILES string of the molecule is C[C@@H](O)[C@@H]1CCCCN1Cc1cccc(S(=O)(=O)N(C)C)c1. The molecule has 0 spiro atoms. The standard InChI is InChI=1S/C16H26N2O3S/c1-13(19)16-9-4-5-10-18(16)12-14-7-6-8-15(11-14)22(20,21)17(2)3/h6-8,11,13,16,19H,4-5,9-10,12H2,1-3H3/t13-,16+/m1/s1. The number of piperidine rings is 1. The molecule has 0 radical (unpaired) electrons. The van der Waals surface area contributed by atoms with Gasteiger partial charge in [0.15, 0.2) is 0 Å². The van der Waals surface area contributed by atoms with Crippen LogP contribution < -0.4 is 0 Å². The predicted molar refractivity (Wildman–Crippen MR) is 87.0 cm³/mol. The van der Waals surface area contributed by atoms with Crippen molar-refractivity contribution in [1.29, 1.82) is 0 Å². The van der Waals surface area contributed by atoms with Gasteiger partial charge in [-0.15, -0.1) is 0 Å². The zero-order valence-electron chi connectivity index (χ0n) is 13.6. The Hall–Kier alpha value is -0.950. The van der Waals surface area contributed by atoms with E-state index in [1.54, 1.807) is 18.2 Å². The minimum Gasteiger partial charge on any atom is -0.392 e. The largest absolute Gasteiger partial charge is 0.392 e. The van der Waals surface area contributed by atoms with Gasteiger partial charge in [0.1, 0.15) is 0 Å². The van der Waals surface area contributed by atoms with E-state index in [9.17, 15) is 13.5 Å². The second kappa shape index (κ2) is 7.08. The minimum atomic E-state index is -3.40. The van der Waals surface area contributed by atoms with Crippen molar-refractivity contribution in [3.05, 3.63) is 29.8 Å². The minimum absolute atomic E-state index is 0.155. The van der Waals surface area contributed by atoms with Gasteiger partial charge in [-0.2, -0.15) is 0 Å². The van der Waals surface area contributed by atoms with Crippen molar-refractivity contribution in [2.75, 3.05) is 20.6 Å². The lowest BCUT2D eigenvalue weighted by atomic mass is 9.97. The molecule has 124 valence electrons. The number of aliphatic hydroxyl groups excluding tert-OH is 1. The van der Waals surface area contributed by atoms with Crippen LogP contribution in [0.1, 0.15) is 31.7 Å². The van der Waals surface area contributed by atoms with Crippen LogP contribution in [0.15, 0.2) is 29.2 Å². The lowest BCUT2D eigenvalue weighted by molar-refractivity contribution is 0.0316. The summed E-state index contributed by atoms with van der Waals surface area (Å²) in [5, 5.41) is 9.94. The lowest BCUT2D eigenvalue weighted by Gasteiger charge is -2.37. The molecule has 1 fully saturated rings. The smallest absolute Gasteiger partial charge is 0.242 e. The Balaban J connectivity index is 2.20. The molecule has 5 nitrogen and oxygen atoms in total. The number of likely N-dealkylation sites (tertiary alicyclic amines) is 1. The summed E-state index contributed by atoms with van der Waals surface area (Å²) in [7, 11) is -0.329. The number of aliphatic hydroxyl groups is 1. The summed E-state index contributed by atoms with van der Waals surface area (Å²) < 4.78 is 25.7. The first-order valence-corrected chi connectivity index (χ1v) is 9.20. The second-order valence-electron chi connectivity index (χ2n) is 6.21. The van der Waals surface area contributed by atoms with Crippen molar-refractivity contribution in [3.8, 4) is 0 Å². The second-order valence-corrected chi connectivity index (χ2v) is 8.36. The Kier molecular flexibility index (Phi) is 5.60. The third-order valence-electron chi connectivity index (χ3n) is 4.28. The Morgan fingerprint density at radius 2 is 2.09 bits per heavy atom. The van der Waals surface area contributed by atoms with Gasteiger partial charge in [-0.25, -0.2) is 12.7 Å². The van der Waals surface area contributed by atoms with E-state index in [4.69, 9.17) is 0 Å². The number of nitrogens with zero attached hydrogens (tertiary/aromatic N) is 2. The summed E-state index contributed by atoms with van der Waals surface area (Å²) in [4.78, 5) is 2.58. The van der Waals surface area contributed by atoms with E-state index < -0.39 is 10.0 Å². The molecule has 6 heteroatoms. The van der Waals surface area contributed by atoms with E-state index >= 15 is 0 Å². The topological polar surface area (TPSA) is 60.9 Å². The molecule has 1 saturated heterocycles. The van der Waals surface area contributed by atoms with E-state index in [0.717, 1.165) is 31.4 Å². The molecule has 0 unspecified atom stereocenters. The number of hydrogen-bond acceptors (Lipinski definition) is 4. The van der Waals surface area contributed by atoms with Crippen LogP contribution in [0.2, 0.25) is 0 Å². The number of rotatable bonds is 5. The Morgan fingerprint density at radius 3 is 2.73 bits per heavy atom. The summed E-state index contributed by atoms with van der Waals surface area (Å²) in [5.74, 6) is 0. The zero-order chi connectivity index (χ0) is 16.3. The first-order chi connectivity index (χ1) is 10.3. The van der Waals surface area contributed by atoms with E-state index in [-0.39, 0.29) is 12.1 Å². The normalized spacial score (nSPS) is 22.0. The van der Waals surface area contributed by atoms with Crippen LogP contribution in [0, 0.1) is 0 Å². The number of hydrogen-bond donors (Lipinski definition) is 1. The summed E-state index contributed by atoms with van der Waals surface area (Å²) in [6.07, 6.45) is 2.89. The van der Waals surface area contributed by atoms with Crippen LogP contribution in [-0.4, -0.2) is 55.5 Å². The molecular weight excluding hydrogens is 300 g/mol. The van der Waals surface area contributed by atoms with Gasteiger partial charge in [-0.3, -0.25) is 4.90 Å². The summed E-state index contributed by atoms with van der Waals surface area (Å²) in [6, 6.07) is 7.25. The van der Waals surface area contributed by atoms with Gasteiger partial charge in [0, 0.05) is 26.7 Å². The zero-order valence-corrected chi connectivity index (χ0v) is 14.4. The first kappa shape index (κ1) is 17.4. The molecule has 1 N–H and O–H groups in total. The maximum absolute atomic E-state index is 12.2. The molecular formula is C16H26N2O3S. The van der Waals surface area contributed by atoms with Gasteiger partial charge in [0.05, 0.1) is 11.0 Å². The third kappa shape index (κ3) is 3.87. The third-order valence-corrected chi connectivity index (χ3v) is 6.09. The first-order valence-electron chi connectivity index (χ1n) is 7.76. The van der Waals surface area contributed by atoms with E-state index in [1.165, 1.54) is 18.4 Å². The molecule has 0 bridgehead atoms. The highest BCUT2D eigenvalue weighted by molar-refractivity contribution is 7.89. The highest BCUT2D eigenvalue weighted by Crippen LogP contribution is 2.23. The molecule has 2 rings (SSSR count). The molecule has 0 amide bonds. The molecule has 1 aliphatic rings. The van der Waals surface area contributed by atoms with E-state index in [1.807, 2.05) is 13.0 Å². The van der Waals surface area contributed by atoms with Crippen molar-refractivity contribution in [1.82, 2.24) is 9.21 Å². The molecule has 1 aromatic rings. The fraction of sp³-hybridized carbons (Fsp3) is 0.625. The van der Waals surface area contributed by atoms with Gasteiger partial charge in [-0.05, 0) is 44.0 Å². The van der Waals surface area contributed by atoms with Crippen LogP contribution in [0.4, 0.5) is 0 Å². The van der Waals surface area contributed by atoms with Gasteiger partial charge < -0.3 is 5.11 Å². The van der Waals surface area contributed by atoms with Gasteiger partial charge in [-0.1, -0.05) is 18.6 Å². The van der Waals surface area contributed by atoms with Crippen LogP contribution in [-0.2, 0) is 16.6 Å². The predicted octanol–water partition coefficient (Wildman–Crippen LogP) is 1.67. The quantitative estimate of drug-likeness (QED) is 0.894.